The third-order valence-corrected chi connectivity index (χ3v) is 4.10. The molecule has 1 saturated heterocycles. The van der Waals surface area contributed by atoms with Crippen molar-refractivity contribution in [3.05, 3.63) is 6.33 Å². The highest BCUT2D eigenvalue weighted by molar-refractivity contribution is 5.67. The molecule has 1 aliphatic rings. The number of piperazine rings is 1. The van der Waals surface area contributed by atoms with Crippen LogP contribution in [0.1, 0.15) is 33.6 Å². The fourth-order valence-corrected chi connectivity index (χ4v) is 2.57. The first-order valence-electron chi connectivity index (χ1n) is 7.89. The molecular formula is C15H27N5O. The van der Waals surface area contributed by atoms with Crippen molar-refractivity contribution >= 4 is 11.5 Å². The summed E-state index contributed by atoms with van der Waals surface area (Å²) in [7, 11) is 0. The maximum absolute atomic E-state index is 6.17. The van der Waals surface area contributed by atoms with Gasteiger partial charge in [0.1, 0.15) is 12.0 Å². The Morgan fingerprint density at radius 2 is 1.95 bits per heavy atom. The molecule has 1 fully saturated rings. The molecule has 1 unspecified atom stereocenters. The maximum atomic E-state index is 6.17. The molecule has 118 valence electrons. The Labute approximate surface area is 127 Å². The van der Waals surface area contributed by atoms with Gasteiger partial charge in [-0.15, -0.1) is 0 Å². The first-order valence-corrected chi connectivity index (χ1v) is 7.89. The van der Waals surface area contributed by atoms with E-state index >= 15 is 0 Å². The van der Waals surface area contributed by atoms with Gasteiger partial charge in [-0.25, -0.2) is 4.98 Å². The Hall–Kier alpha value is -1.56. The minimum absolute atomic E-state index is 0.506. The highest BCUT2D eigenvalue weighted by Gasteiger charge is 2.23. The van der Waals surface area contributed by atoms with E-state index in [-0.39, 0.29) is 0 Å². The molecule has 1 aromatic heterocycles. The minimum Gasteiger partial charge on any atom is -0.476 e. The van der Waals surface area contributed by atoms with Crippen LogP contribution < -0.4 is 15.4 Å². The van der Waals surface area contributed by atoms with Gasteiger partial charge in [0.05, 0.1) is 6.61 Å². The van der Waals surface area contributed by atoms with Crippen molar-refractivity contribution in [1.29, 1.82) is 0 Å². The molecule has 6 heteroatoms. The summed E-state index contributed by atoms with van der Waals surface area (Å²) in [4.78, 5) is 13.2. The quantitative estimate of drug-likeness (QED) is 0.862. The van der Waals surface area contributed by atoms with Gasteiger partial charge in [-0.1, -0.05) is 13.8 Å². The van der Waals surface area contributed by atoms with Gasteiger partial charge < -0.3 is 15.4 Å². The Bertz CT molecular complexity index is 446. The molecular weight excluding hydrogens is 266 g/mol. The summed E-state index contributed by atoms with van der Waals surface area (Å²) < 4.78 is 5.58. The van der Waals surface area contributed by atoms with E-state index in [4.69, 9.17) is 10.5 Å². The zero-order valence-electron chi connectivity index (χ0n) is 13.4. The van der Waals surface area contributed by atoms with Crippen molar-refractivity contribution in [3.8, 4) is 5.88 Å². The molecule has 21 heavy (non-hydrogen) atoms. The predicted molar refractivity (Wildman–Crippen MR) is 85.8 cm³/mol. The van der Waals surface area contributed by atoms with Gasteiger partial charge in [-0.05, 0) is 19.8 Å². The van der Waals surface area contributed by atoms with Crippen LogP contribution in [0.4, 0.5) is 11.5 Å². The van der Waals surface area contributed by atoms with E-state index in [9.17, 15) is 0 Å². The second-order valence-corrected chi connectivity index (χ2v) is 5.54. The summed E-state index contributed by atoms with van der Waals surface area (Å²) in [6, 6.07) is 0.637. The van der Waals surface area contributed by atoms with Crippen LogP contribution in [0.3, 0.4) is 0 Å². The van der Waals surface area contributed by atoms with E-state index in [2.05, 4.69) is 40.5 Å². The molecule has 0 radical (unpaired) electrons. The largest absolute Gasteiger partial charge is 0.476 e. The van der Waals surface area contributed by atoms with Crippen molar-refractivity contribution in [2.75, 3.05) is 43.4 Å². The van der Waals surface area contributed by atoms with Gasteiger partial charge in [-0.3, -0.25) is 4.90 Å². The predicted octanol–water partition coefficient (Wildman–Crippen LogP) is 1.77. The van der Waals surface area contributed by atoms with Crippen molar-refractivity contribution in [3.63, 3.8) is 0 Å². The molecule has 0 aromatic carbocycles. The highest BCUT2D eigenvalue weighted by atomic mass is 16.5. The van der Waals surface area contributed by atoms with Crippen LogP contribution in [-0.2, 0) is 0 Å². The fourth-order valence-electron chi connectivity index (χ4n) is 2.57. The van der Waals surface area contributed by atoms with Crippen LogP contribution >= 0.6 is 0 Å². The van der Waals surface area contributed by atoms with E-state index < -0.39 is 0 Å². The number of anilines is 2. The van der Waals surface area contributed by atoms with Crippen LogP contribution in [0.5, 0.6) is 5.88 Å². The molecule has 2 heterocycles. The molecule has 2 rings (SSSR count). The molecule has 0 saturated carbocycles. The molecule has 0 amide bonds. The fraction of sp³-hybridized carbons (Fsp3) is 0.733. The van der Waals surface area contributed by atoms with E-state index in [0.717, 1.165) is 38.4 Å². The first kappa shape index (κ1) is 15.8. The van der Waals surface area contributed by atoms with Crippen molar-refractivity contribution in [2.24, 2.45) is 0 Å². The summed E-state index contributed by atoms with van der Waals surface area (Å²) in [6.07, 6.45) is 3.66. The number of rotatable bonds is 6. The molecule has 6 nitrogen and oxygen atoms in total. The zero-order valence-corrected chi connectivity index (χ0v) is 13.4. The zero-order chi connectivity index (χ0) is 15.2. The Morgan fingerprint density at radius 3 is 2.57 bits per heavy atom. The van der Waals surface area contributed by atoms with E-state index in [1.54, 1.807) is 0 Å². The van der Waals surface area contributed by atoms with Crippen molar-refractivity contribution < 1.29 is 4.74 Å². The van der Waals surface area contributed by atoms with E-state index in [1.807, 2.05) is 0 Å². The lowest BCUT2D eigenvalue weighted by Crippen LogP contribution is -2.49. The number of hydrogen-bond donors (Lipinski definition) is 1. The van der Waals surface area contributed by atoms with Crippen molar-refractivity contribution in [2.45, 2.75) is 39.7 Å². The summed E-state index contributed by atoms with van der Waals surface area (Å²) in [6.45, 7) is 11.2. The Morgan fingerprint density at radius 1 is 1.24 bits per heavy atom. The Balaban J connectivity index is 2.03. The topological polar surface area (TPSA) is 67.5 Å². The minimum atomic E-state index is 0.506. The van der Waals surface area contributed by atoms with Crippen LogP contribution in [0.25, 0.3) is 0 Å². The summed E-state index contributed by atoms with van der Waals surface area (Å²) >= 11 is 0. The third-order valence-electron chi connectivity index (χ3n) is 4.10. The SMILES string of the molecule is CCCOc1ncnc(N2CCN(C(C)CC)CC2)c1N. The number of nitrogens with two attached hydrogens (primary N) is 1. The molecule has 1 atom stereocenters. The van der Waals surface area contributed by atoms with Gasteiger partial charge in [0.2, 0.25) is 5.88 Å². The normalized spacial score (nSPS) is 17.8. The van der Waals surface area contributed by atoms with E-state index in [0.29, 0.717) is 24.2 Å². The number of aromatic nitrogens is 2. The number of hydrogen-bond acceptors (Lipinski definition) is 6. The summed E-state index contributed by atoms with van der Waals surface area (Å²) in [5.74, 6) is 1.31. The van der Waals surface area contributed by atoms with E-state index in [1.165, 1.54) is 12.7 Å². The lowest BCUT2D eigenvalue weighted by atomic mass is 10.2. The van der Waals surface area contributed by atoms with Gasteiger partial charge in [0, 0.05) is 32.2 Å². The monoisotopic (exact) mass is 293 g/mol. The molecule has 0 spiro atoms. The second-order valence-electron chi connectivity index (χ2n) is 5.54. The number of nitrogens with zero attached hydrogens (tertiary/aromatic N) is 4. The smallest absolute Gasteiger partial charge is 0.242 e. The summed E-state index contributed by atoms with van der Waals surface area (Å²) in [5.41, 5.74) is 6.73. The number of nitrogen functional groups attached to an aromatic ring is 1. The Kier molecular flexibility index (Phi) is 5.61. The summed E-state index contributed by atoms with van der Waals surface area (Å²) in [5, 5.41) is 0. The average Bonchev–Trinajstić information content (AvgIpc) is 2.53. The lowest BCUT2D eigenvalue weighted by molar-refractivity contribution is 0.192. The molecule has 2 N–H and O–H groups in total. The third kappa shape index (κ3) is 3.75. The van der Waals surface area contributed by atoms with Gasteiger partial charge in [0.25, 0.3) is 0 Å². The average molecular weight is 293 g/mol. The van der Waals surface area contributed by atoms with Crippen LogP contribution in [0, 0.1) is 0 Å². The first-order chi connectivity index (χ1) is 10.2. The van der Waals surface area contributed by atoms with Gasteiger partial charge in [0.15, 0.2) is 5.82 Å². The molecule has 0 aliphatic carbocycles. The standard InChI is InChI=1S/C15H27N5O/c1-4-10-21-15-13(16)14(17-11-18-15)20-8-6-19(7-9-20)12(3)5-2/h11-12H,4-10,16H2,1-3H3. The van der Waals surface area contributed by atoms with Gasteiger partial charge in [-0.2, -0.15) is 4.98 Å². The van der Waals surface area contributed by atoms with Crippen molar-refractivity contribution in [1.82, 2.24) is 14.9 Å². The lowest BCUT2D eigenvalue weighted by Gasteiger charge is -2.38. The van der Waals surface area contributed by atoms with Crippen LogP contribution in [0.15, 0.2) is 6.33 Å². The molecule has 1 aromatic rings. The highest BCUT2D eigenvalue weighted by Crippen LogP contribution is 2.28. The molecule has 0 bridgehead atoms. The number of ether oxygens (including phenoxy) is 1. The van der Waals surface area contributed by atoms with Crippen LogP contribution in [-0.4, -0.2) is 53.7 Å². The molecule has 1 aliphatic heterocycles. The van der Waals surface area contributed by atoms with Crippen LogP contribution in [0.2, 0.25) is 0 Å². The second kappa shape index (κ2) is 7.45. The maximum Gasteiger partial charge on any atom is 0.242 e. The van der Waals surface area contributed by atoms with Gasteiger partial charge >= 0.3 is 0 Å².